The number of hydrogen-bond acceptors (Lipinski definition) is 4. The molecule has 0 unspecified atom stereocenters. The lowest BCUT2D eigenvalue weighted by Crippen LogP contribution is -2.18. The Kier molecular flexibility index (Phi) is 6.21. The summed E-state index contributed by atoms with van der Waals surface area (Å²) in [7, 11) is 0. The van der Waals surface area contributed by atoms with Gasteiger partial charge in [0.2, 0.25) is 0 Å². The summed E-state index contributed by atoms with van der Waals surface area (Å²) in [4.78, 5) is 5.68. The van der Waals surface area contributed by atoms with E-state index in [-0.39, 0.29) is 0 Å². The van der Waals surface area contributed by atoms with Crippen molar-refractivity contribution in [3.63, 3.8) is 0 Å². The van der Waals surface area contributed by atoms with Crippen LogP contribution in [0.15, 0.2) is 30.5 Å². The fraction of sp³-hybridized carbons (Fsp3) is 0.471. The van der Waals surface area contributed by atoms with Crippen LogP contribution in [-0.4, -0.2) is 11.5 Å². The first-order chi connectivity index (χ1) is 10.2. The van der Waals surface area contributed by atoms with E-state index in [4.69, 9.17) is 4.74 Å². The highest BCUT2D eigenvalue weighted by Gasteiger charge is 2.03. The smallest absolute Gasteiger partial charge is 0.140 e. The van der Waals surface area contributed by atoms with Gasteiger partial charge in [0.25, 0.3) is 0 Å². The van der Waals surface area contributed by atoms with E-state index >= 15 is 0 Å². The van der Waals surface area contributed by atoms with Crippen molar-refractivity contribution in [3.05, 3.63) is 45.9 Å². The molecule has 0 aliphatic carbocycles. The number of hydrogen-bond donors (Lipinski definition) is 1. The Bertz CT molecular complexity index is 534. The van der Waals surface area contributed by atoms with Gasteiger partial charge in [-0.1, -0.05) is 32.9 Å². The maximum Gasteiger partial charge on any atom is 0.140 e. The summed E-state index contributed by atoms with van der Waals surface area (Å²) in [6.07, 6.45) is 3.00. The Hall–Kier alpha value is -1.39. The maximum atomic E-state index is 5.78. The first kappa shape index (κ1) is 16.0. The molecule has 0 radical (unpaired) electrons. The SMILES string of the molecule is CCc1ccc(OCc2ncc(CNCC(C)C)s2)cc1. The summed E-state index contributed by atoms with van der Waals surface area (Å²) in [5, 5.41) is 4.45. The number of rotatable bonds is 8. The fourth-order valence-electron chi connectivity index (χ4n) is 1.95. The zero-order chi connectivity index (χ0) is 15.1. The summed E-state index contributed by atoms with van der Waals surface area (Å²) in [6.45, 7) is 9.04. The number of aryl methyl sites for hydroxylation is 1. The predicted molar refractivity (Wildman–Crippen MR) is 88.8 cm³/mol. The van der Waals surface area contributed by atoms with Gasteiger partial charge in [0.05, 0.1) is 0 Å². The quantitative estimate of drug-likeness (QED) is 0.799. The Labute approximate surface area is 131 Å². The number of benzene rings is 1. The van der Waals surface area contributed by atoms with Gasteiger partial charge in [-0.25, -0.2) is 4.98 Å². The van der Waals surface area contributed by atoms with E-state index < -0.39 is 0 Å². The van der Waals surface area contributed by atoms with Crippen LogP contribution in [-0.2, 0) is 19.6 Å². The lowest BCUT2D eigenvalue weighted by Gasteiger charge is -2.05. The highest BCUT2D eigenvalue weighted by molar-refractivity contribution is 7.11. The van der Waals surface area contributed by atoms with Crippen LogP contribution < -0.4 is 10.1 Å². The maximum absolute atomic E-state index is 5.78. The molecular weight excluding hydrogens is 280 g/mol. The van der Waals surface area contributed by atoms with Crippen molar-refractivity contribution < 1.29 is 4.74 Å². The molecule has 4 heteroatoms. The van der Waals surface area contributed by atoms with Crippen molar-refractivity contribution in [2.75, 3.05) is 6.54 Å². The van der Waals surface area contributed by atoms with Gasteiger partial charge in [0, 0.05) is 17.6 Å². The van der Waals surface area contributed by atoms with Crippen LogP contribution >= 0.6 is 11.3 Å². The topological polar surface area (TPSA) is 34.1 Å². The molecule has 0 spiro atoms. The van der Waals surface area contributed by atoms with Gasteiger partial charge < -0.3 is 10.1 Å². The molecule has 0 saturated carbocycles. The van der Waals surface area contributed by atoms with Crippen LogP contribution in [0.4, 0.5) is 0 Å². The highest BCUT2D eigenvalue weighted by Crippen LogP contribution is 2.17. The van der Waals surface area contributed by atoms with E-state index in [9.17, 15) is 0 Å². The Balaban J connectivity index is 1.79. The molecule has 0 saturated heterocycles. The van der Waals surface area contributed by atoms with Crippen molar-refractivity contribution >= 4 is 11.3 Å². The number of nitrogens with one attached hydrogen (secondary N) is 1. The van der Waals surface area contributed by atoms with E-state index in [2.05, 4.69) is 43.2 Å². The van der Waals surface area contributed by atoms with Crippen LogP contribution in [0.5, 0.6) is 5.75 Å². The molecule has 0 bridgehead atoms. The third-order valence-electron chi connectivity index (χ3n) is 3.15. The minimum absolute atomic E-state index is 0.542. The van der Waals surface area contributed by atoms with Crippen LogP contribution in [0.3, 0.4) is 0 Å². The van der Waals surface area contributed by atoms with Crippen molar-refractivity contribution in [2.24, 2.45) is 5.92 Å². The van der Waals surface area contributed by atoms with E-state index in [1.807, 2.05) is 18.3 Å². The molecule has 0 atom stereocenters. The molecule has 21 heavy (non-hydrogen) atoms. The van der Waals surface area contributed by atoms with E-state index in [0.717, 1.165) is 30.3 Å². The molecule has 0 aliphatic heterocycles. The zero-order valence-electron chi connectivity index (χ0n) is 13.1. The fourth-order valence-corrected chi connectivity index (χ4v) is 2.75. The molecule has 0 aliphatic rings. The average molecular weight is 304 g/mol. The summed E-state index contributed by atoms with van der Waals surface area (Å²) in [5.74, 6) is 1.58. The molecule has 3 nitrogen and oxygen atoms in total. The number of ether oxygens (including phenoxy) is 1. The molecule has 1 aromatic carbocycles. The van der Waals surface area contributed by atoms with Crippen LogP contribution in [0.2, 0.25) is 0 Å². The Morgan fingerprint density at radius 1 is 1.24 bits per heavy atom. The summed E-state index contributed by atoms with van der Waals surface area (Å²) >= 11 is 1.71. The second-order valence-corrected chi connectivity index (χ2v) is 6.73. The molecule has 2 rings (SSSR count). The molecule has 114 valence electrons. The lowest BCUT2D eigenvalue weighted by molar-refractivity contribution is 0.305. The van der Waals surface area contributed by atoms with E-state index in [0.29, 0.717) is 12.5 Å². The molecule has 1 heterocycles. The van der Waals surface area contributed by atoms with Gasteiger partial charge in [-0.05, 0) is 36.6 Å². The number of aromatic nitrogens is 1. The lowest BCUT2D eigenvalue weighted by atomic mass is 10.2. The highest BCUT2D eigenvalue weighted by atomic mass is 32.1. The van der Waals surface area contributed by atoms with Gasteiger partial charge in [0.15, 0.2) is 0 Å². The zero-order valence-corrected chi connectivity index (χ0v) is 13.9. The van der Waals surface area contributed by atoms with Gasteiger partial charge in [-0.15, -0.1) is 11.3 Å². The predicted octanol–water partition coefficient (Wildman–Crippen LogP) is 4.03. The standard InChI is InChI=1S/C17H24N2OS/c1-4-14-5-7-15(8-6-14)20-12-17-19-11-16(21-17)10-18-9-13(2)3/h5-8,11,13,18H,4,9-10,12H2,1-3H3. The monoisotopic (exact) mass is 304 g/mol. The molecular formula is C17H24N2OS. The number of thiazole rings is 1. The van der Waals surface area contributed by atoms with Crippen LogP contribution in [0.25, 0.3) is 0 Å². The normalized spacial score (nSPS) is 11.0. The van der Waals surface area contributed by atoms with Gasteiger partial charge in [0.1, 0.15) is 17.4 Å². The van der Waals surface area contributed by atoms with Crippen molar-refractivity contribution in [3.8, 4) is 5.75 Å². The van der Waals surface area contributed by atoms with Crippen molar-refractivity contribution in [2.45, 2.75) is 40.3 Å². The molecule has 2 aromatic rings. The first-order valence-electron chi connectivity index (χ1n) is 7.53. The van der Waals surface area contributed by atoms with Gasteiger partial charge in [-0.3, -0.25) is 0 Å². The molecule has 1 N–H and O–H groups in total. The number of nitrogens with zero attached hydrogens (tertiary/aromatic N) is 1. The molecule has 0 fully saturated rings. The van der Waals surface area contributed by atoms with Crippen LogP contribution in [0.1, 0.15) is 36.2 Å². The average Bonchev–Trinajstić information content (AvgIpc) is 2.93. The molecule has 0 amide bonds. The summed E-state index contributed by atoms with van der Waals surface area (Å²) < 4.78 is 5.78. The van der Waals surface area contributed by atoms with E-state index in [1.54, 1.807) is 11.3 Å². The van der Waals surface area contributed by atoms with Gasteiger partial charge in [-0.2, -0.15) is 0 Å². The third kappa shape index (κ3) is 5.48. The minimum Gasteiger partial charge on any atom is -0.486 e. The van der Waals surface area contributed by atoms with Crippen LogP contribution in [0, 0.1) is 5.92 Å². The van der Waals surface area contributed by atoms with Gasteiger partial charge >= 0.3 is 0 Å². The first-order valence-corrected chi connectivity index (χ1v) is 8.35. The van der Waals surface area contributed by atoms with Crippen molar-refractivity contribution in [1.29, 1.82) is 0 Å². The second-order valence-electron chi connectivity index (χ2n) is 5.53. The summed E-state index contributed by atoms with van der Waals surface area (Å²) in [5.41, 5.74) is 1.33. The second kappa shape index (κ2) is 8.15. The molecule has 1 aromatic heterocycles. The van der Waals surface area contributed by atoms with Crippen molar-refractivity contribution in [1.82, 2.24) is 10.3 Å². The Morgan fingerprint density at radius 3 is 2.67 bits per heavy atom. The summed E-state index contributed by atoms with van der Waals surface area (Å²) in [6, 6.07) is 8.27. The largest absolute Gasteiger partial charge is 0.486 e. The third-order valence-corrected chi connectivity index (χ3v) is 4.12. The van der Waals surface area contributed by atoms with E-state index in [1.165, 1.54) is 10.4 Å². The minimum atomic E-state index is 0.542. The Morgan fingerprint density at radius 2 is 2.00 bits per heavy atom.